The molecule has 0 unspecified atom stereocenters. The molecule has 0 amide bonds. The highest BCUT2D eigenvalue weighted by atomic mass is 32.2. The largest absolute Gasteiger partial charge is 0.461 e. The van der Waals surface area contributed by atoms with Crippen LogP contribution in [0.5, 0.6) is 6.01 Å². The Morgan fingerprint density at radius 3 is 2.77 bits per heavy atom. The first kappa shape index (κ1) is 33.0. The number of nitrogens with zero attached hydrogens (tertiary/aromatic N) is 4. The lowest BCUT2D eigenvalue weighted by Crippen LogP contribution is -2.56. The van der Waals surface area contributed by atoms with Gasteiger partial charge in [-0.2, -0.15) is 36.3 Å². The van der Waals surface area contributed by atoms with Crippen molar-refractivity contribution in [1.82, 2.24) is 24.3 Å². The van der Waals surface area contributed by atoms with Crippen LogP contribution in [0.3, 0.4) is 0 Å². The molecular formula is C32H37F4N7O4S. The normalized spacial score (nSPS) is 28.3. The Hall–Kier alpha value is -3.49. The lowest BCUT2D eigenvalue weighted by atomic mass is 9.89. The zero-order valence-corrected chi connectivity index (χ0v) is 27.3. The van der Waals surface area contributed by atoms with Crippen LogP contribution < -0.4 is 24.8 Å². The third-order valence-corrected chi connectivity index (χ3v) is 11.3. The molecule has 11 nitrogen and oxygen atoms in total. The van der Waals surface area contributed by atoms with Gasteiger partial charge in [0.15, 0.2) is 5.82 Å². The number of rotatable bonds is 5. The first-order valence-electron chi connectivity index (χ1n) is 15.9. The molecule has 4 N–H and O–H groups in total. The molecule has 1 aromatic carbocycles. The monoisotopic (exact) mass is 691 g/mol. The first-order chi connectivity index (χ1) is 22.7. The van der Waals surface area contributed by atoms with Crippen LogP contribution in [0.4, 0.5) is 29.1 Å². The predicted octanol–water partition coefficient (Wildman–Crippen LogP) is 3.35. The fraction of sp³-hybridized carbons (Fsp3) is 0.562. The molecule has 1 aromatic heterocycles. The summed E-state index contributed by atoms with van der Waals surface area (Å²) >= 11 is 0. The van der Waals surface area contributed by atoms with Gasteiger partial charge in [0, 0.05) is 49.3 Å². The Bertz CT molecular complexity index is 1850. The maximum Gasteiger partial charge on any atom is 0.418 e. The molecule has 7 rings (SSSR count). The standard InChI is InChI=1S/C32H37F4N7O4S/c1-3-6-20-11-22(37)27(33)25(26(20)32(34,35)36)24-12-23-21(15-46-24)28(42-9-4-7-30(17-42)16-38-48(44,45)41-30)40-29(39-23)47-18-31-8-5-10-43(31)14-19(2)13-31/h11,24,38,41H,2,4-5,7-10,12-18,37H2,1H3/t24-,30+,31-/m1/s1. The minimum atomic E-state index is -4.94. The van der Waals surface area contributed by atoms with Gasteiger partial charge in [0.25, 0.3) is 10.2 Å². The number of nitrogens with one attached hydrogen (secondary N) is 2. The number of hydrogen-bond acceptors (Lipinski definition) is 9. The van der Waals surface area contributed by atoms with Crippen molar-refractivity contribution in [3.63, 3.8) is 0 Å². The zero-order chi connectivity index (χ0) is 34.1. The van der Waals surface area contributed by atoms with Crippen LogP contribution in [0, 0.1) is 17.7 Å². The summed E-state index contributed by atoms with van der Waals surface area (Å²) in [7, 11) is -3.65. The molecule has 2 aromatic rings. The number of nitrogens with two attached hydrogens (primary N) is 1. The van der Waals surface area contributed by atoms with Crippen molar-refractivity contribution in [3.8, 4) is 17.9 Å². The van der Waals surface area contributed by atoms with Crippen LogP contribution in [-0.4, -0.2) is 73.7 Å². The summed E-state index contributed by atoms with van der Waals surface area (Å²) in [5.74, 6) is 4.09. The Balaban J connectivity index is 1.28. The van der Waals surface area contributed by atoms with Crippen molar-refractivity contribution < 1.29 is 35.5 Å². The topological polar surface area (TPSA) is 135 Å². The molecular weight excluding hydrogens is 654 g/mol. The molecule has 0 radical (unpaired) electrons. The van der Waals surface area contributed by atoms with E-state index in [-0.39, 0.29) is 37.7 Å². The number of fused-ring (bicyclic) bond motifs is 2. The highest BCUT2D eigenvalue weighted by molar-refractivity contribution is 7.87. The van der Waals surface area contributed by atoms with Gasteiger partial charge >= 0.3 is 12.2 Å². The number of aromatic nitrogens is 2. The lowest BCUT2D eigenvalue weighted by molar-refractivity contribution is -0.140. The number of halogens is 4. The van der Waals surface area contributed by atoms with Gasteiger partial charge < -0.3 is 20.1 Å². The SMILES string of the molecule is C=C1CN2CCC[C@]2(COc2nc3c(c(N4CCC[C@]5(CNS(=O)(=O)N5)C4)n2)CO[C@@H](c2c(F)c(N)cc(C#CC)c2C(F)(F)F)C3)C1. The van der Waals surface area contributed by atoms with E-state index in [0.717, 1.165) is 44.0 Å². The van der Waals surface area contributed by atoms with E-state index < -0.39 is 56.2 Å². The molecule has 258 valence electrons. The van der Waals surface area contributed by atoms with Crippen LogP contribution in [0.15, 0.2) is 18.2 Å². The number of ether oxygens (including phenoxy) is 2. The first-order valence-corrected chi connectivity index (χ1v) is 17.4. The summed E-state index contributed by atoms with van der Waals surface area (Å²) in [6.07, 6.45) is -2.58. The fourth-order valence-corrected chi connectivity index (χ4v) is 9.41. The number of alkyl halides is 3. The van der Waals surface area contributed by atoms with Crippen LogP contribution in [0.2, 0.25) is 0 Å². The average molecular weight is 692 g/mol. The number of hydrogen-bond donors (Lipinski definition) is 3. The molecule has 5 aliphatic heterocycles. The van der Waals surface area contributed by atoms with Gasteiger partial charge in [-0.15, -0.1) is 5.92 Å². The highest BCUT2D eigenvalue weighted by Gasteiger charge is 2.48. The summed E-state index contributed by atoms with van der Waals surface area (Å²) in [6.45, 7) is 8.36. The van der Waals surface area contributed by atoms with Crippen molar-refractivity contribution in [2.75, 3.05) is 50.0 Å². The zero-order valence-electron chi connectivity index (χ0n) is 26.5. The second-order valence-corrected chi connectivity index (χ2v) is 14.9. The van der Waals surface area contributed by atoms with Crippen molar-refractivity contribution in [2.24, 2.45) is 0 Å². The minimum absolute atomic E-state index is 0.0366. The van der Waals surface area contributed by atoms with Crippen molar-refractivity contribution >= 4 is 21.7 Å². The fourth-order valence-electron chi connectivity index (χ4n) is 8.06. The second kappa shape index (κ2) is 11.8. The maximum absolute atomic E-state index is 15.6. The van der Waals surface area contributed by atoms with Crippen LogP contribution in [0.1, 0.15) is 73.1 Å². The Morgan fingerprint density at radius 2 is 2.04 bits per heavy atom. The number of nitrogen functional groups attached to an aromatic ring is 1. The Labute approximate surface area is 276 Å². The third-order valence-electron chi connectivity index (χ3n) is 10.1. The van der Waals surface area contributed by atoms with Gasteiger partial charge in [-0.05, 0) is 51.6 Å². The molecule has 48 heavy (non-hydrogen) atoms. The average Bonchev–Trinajstić information content (AvgIpc) is 3.65. The van der Waals surface area contributed by atoms with E-state index in [1.165, 1.54) is 6.92 Å². The molecule has 16 heteroatoms. The van der Waals surface area contributed by atoms with Crippen molar-refractivity contribution in [3.05, 3.63) is 52.0 Å². The number of piperidine rings is 1. The van der Waals surface area contributed by atoms with Gasteiger partial charge in [0.05, 0.1) is 40.7 Å². The highest BCUT2D eigenvalue weighted by Crippen LogP contribution is 2.45. The molecule has 4 saturated heterocycles. The van der Waals surface area contributed by atoms with E-state index in [0.29, 0.717) is 43.1 Å². The van der Waals surface area contributed by atoms with Gasteiger partial charge in [-0.25, -0.2) is 9.11 Å². The molecule has 1 spiro atoms. The number of anilines is 2. The predicted molar refractivity (Wildman–Crippen MR) is 169 cm³/mol. The summed E-state index contributed by atoms with van der Waals surface area (Å²) in [6, 6.07) is 0.928. The van der Waals surface area contributed by atoms with Gasteiger partial charge in [0.2, 0.25) is 0 Å². The van der Waals surface area contributed by atoms with E-state index in [1.54, 1.807) is 0 Å². The molecule has 0 saturated carbocycles. The molecule has 4 fully saturated rings. The maximum atomic E-state index is 15.6. The number of benzene rings is 1. The quantitative estimate of drug-likeness (QED) is 0.187. The van der Waals surface area contributed by atoms with Crippen LogP contribution in [0.25, 0.3) is 0 Å². The van der Waals surface area contributed by atoms with E-state index >= 15 is 4.39 Å². The van der Waals surface area contributed by atoms with E-state index in [1.807, 2.05) is 4.90 Å². The van der Waals surface area contributed by atoms with E-state index in [9.17, 15) is 21.6 Å². The smallest absolute Gasteiger partial charge is 0.418 e. The Kier molecular flexibility index (Phi) is 8.14. The molecule has 0 aliphatic carbocycles. The second-order valence-electron chi connectivity index (χ2n) is 13.4. The summed E-state index contributed by atoms with van der Waals surface area (Å²) < 4.78 is 101. The minimum Gasteiger partial charge on any atom is -0.461 e. The lowest BCUT2D eigenvalue weighted by Gasteiger charge is -2.41. The van der Waals surface area contributed by atoms with Crippen molar-refractivity contribution in [1.29, 1.82) is 0 Å². The Morgan fingerprint density at radius 1 is 1.25 bits per heavy atom. The van der Waals surface area contributed by atoms with Gasteiger partial charge in [-0.3, -0.25) is 4.90 Å². The van der Waals surface area contributed by atoms with Gasteiger partial charge in [-0.1, -0.05) is 18.1 Å². The van der Waals surface area contributed by atoms with E-state index in [4.69, 9.17) is 20.2 Å². The summed E-state index contributed by atoms with van der Waals surface area (Å²) in [5, 5.41) is 0. The third kappa shape index (κ3) is 5.89. The van der Waals surface area contributed by atoms with Gasteiger partial charge in [0.1, 0.15) is 12.4 Å². The van der Waals surface area contributed by atoms with Crippen molar-refractivity contribution in [2.45, 2.75) is 75.4 Å². The molecule has 5 aliphatic rings. The van der Waals surface area contributed by atoms with Crippen LogP contribution in [-0.2, 0) is 34.2 Å². The summed E-state index contributed by atoms with van der Waals surface area (Å²) in [4.78, 5) is 13.8. The summed E-state index contributed by atoms with van der Waals surface area (Å²) in [5.41, 5.74) is 3.97. The molecule has 3 atom stereocenters. The van der Waals surface area contributed by atoms with Crippen LogP contribution >= 0.6 is 0 Å². The molecule has 6 heterocycles. The molecule has 0 bridgehead atoms. The van der Waals surface area contributed by atoms with E-state index in [2.05, 4.69) is 37.7 Å².